The first-order chi connectivity index (χ1) is 11.0. The second-order valence-corrected chi connectivity index (χ2v) is 6.78. The van der Waals surface area contributed by atoms with Gasteiger partial charge in [-0.1, -0.05) is 11.6 Å². The molecule has 1 aromatic rings. The molecule has 0 radical (unpaired) electrons. The molecule has 0 aromatic carbocycles. The number of carbonyl (C=O) groups is 2. The van der Waals surface area contributed by atoms with Gasteiger partial charge >= 0.3 is 6.09 Å². The summed E-state index contributed by atoms with van der Waals surface area (Å²) in [6.07, 6.45) is -0.0341. The van der Waals surface area contributed by atoms with Gasteiger partial charge in [0, 0.05) is 20.6 Å². The van der Waals surface area contributed by atoms with Crippen LogP contribution in [0.1, 0.15) is 26.6 Å². The number of aldehydes is 1. The molecule has 0 saturated heterocycles. The molecule has 2 N–H and O–H groups in total. The van der Waals surface area contributed by atoms with E-state index in [4.69, 9.17) is 16.3 Å². The van der Waals surface area contributed by atoms with Crippen LogP contribution in [0.5, 0.6) is 0 Å². The summed E-state index contributed by atoms with van der Waals surface area (Å²) in [7, 11) is 3.61. The van der Waals surface area contributed by atoms with Gasteiger partial charge in [-0.3, -0.25) is 0 Å². The van der Waals surface area contributed by atoms with E-state index in [0.29, 0.717) is 28.8 Å². The molecule has 1 rings (SSSR count). The summed E-state index contributed by atoms with van der Waals surface area (Å²) in [6.45, 7) is 7.09. The Balaban J connectivity index is 2.80. The fourth-order valence-corrected chi connectivity index (χ4v) is 2.23. The van der Waals surface area contributed by atoms with Gasteiger partial charge in [-0.2, -0.15) is 0 Å². The highest BCUT2D eigenvalue weighted by atomic mass is 35.5. The number of aromatic nitrogens is 2. The first kappa shape index (κ1) is 20.0. The summed E-state index contributed by atoms with van der Waals surface area (Å²) in [5.74, 6) is 0.978. The Morgan fingerprint density at radius 1 is 1.38 bits per heavy atom. The third-order valence-corrected chi connectivity index (χ3v) is 3.02. The smallest absolute Gasteiger partial charge is 0.408 e. The molecule has 1 amide bonds. The van der Waals surface area contributed by atoms with Crippen molar-refractivity contribution in [2.45, 2.75) is 39.3 Å². The highest BCUT2D eigenvalue weighted by Crippen LogP contribution is 2.29. The van der Waals surface area contributed by atoms with Crippen LogP contribution < -0.4 is 15.5 Å². The van der Waals surface area contributed by atoms with Gasteiger partial charge in [0.15, 0.2) is 11.0 Å². The maximum absolute atomic E-state index is 11.7. The molecule has 1 aromatic heterocycles. The van der Waals surface area contributed by atoms with Crippen molar-refractivity contribution in [1.29, 1.82) is 0 Å². The second kappa shape index (κ2) is 8.14. The van der Waals surface area contributed by atoms with Gasteiger partial charge in [-0.05, 0) is 27.7 Å². The minimum atomic E-state index is -0.774. The van der Waals surface area contributed by atoms with Crippen LogP contribution >= 0.6 is 11.6 Å². The predicted octanol–water partition coefficient (Wildman–Crippen LogP) is 2.01. The molecular weight excluding hydrogens is 334 g/mol. The number of halogens is 1. The number of hydrogen-bond donors (Lipinski definition) is 2. The molecule has 0 aliphatic heterocycles. The molecular formula is C15H24ClN5O3. The predicted molar refractivity (Wildman–Crippen MR) is 93.8 cm³/mol. The molecule has 0 aliphatic rings. The fourth-order valence-electron chi connectivity index (χ4n) is 1.85. The molecule has 0 bridgehead atoms. The van der Waals surface area contributed by atoms with Crippen LogP contribution in [-0.4, -0.2) is 54.6 Å². The summed E-state index contributed by atoms with van der Waals surface area (Å²) in [5, 5.41) is 5.81. The Kier molecular flexibility index (Phi) is 6.77. The minimum Gasteiger partial charge on any atom is -0.444 e. The van der Waals surface area contributed by atoms with Crippen LogP contribution in [-0.2, 0) is 9.53 Å². The Labute approximate surface area is 146 Å². The molecule has 0 saturated carbocycles. The van der Waals surface area contributed by atoms with Gasteiger partial charge in [0.1, 0.15) is 29.4 Å². The van der Waals surface area contributed by atoms with Crippen LogP contribution in [0.15, 0.2) is 0 Å². The van der Waals surface area contributed by atoms with Crippen molar-refractivity contribution in [2.24, 2.45) is 0 Å². The molecule has 9 heteroatoms. The summed E-state index contributed by atoms with van der Waals surface area (Å²) >= 11 is 6.14. The van der Waals surface area contributed by atoms with Crippen LogP contribution in [0.25, 0.3) is 0 Å². The van der Waals surface area contributed by atoms with Gasteiger partial charge in [-0.15, -0.1) is 0 Å². The van der Waals surface area contributed by atoms with Gasteiger partial charge in [0.2, 0.25) is 0 Å². The van der Waals surface area contributed by atoms with E-state index < -0.39 is 17.7 Å². The Bertz CT molecular complexity index is 602. The van der Waals surface area contributed by atoms with Crippen LogP contribution in [0.4, 0.5) is 16.3 Å². The van der Waals surface area contributed by atoms with Gasteiger partial charge in [-0.25, -0.2) is 14.8 Å². The normalized spacial score (nSPS) is 12.3. The lowest BCUT2D eigenvalue weighted by Gasteiger charge is -2.23. The van der Waals surface area contributed by atoms with E-state index in [1.807, 2.05) is 0 Å². The number of aryl methyl sites for hydroxylation is 1. The number of nitrogens with one attached hydrogen (secondary N) is 2. The fraction of sp³-hybridized carbons (Fsp3) is 0.600. The first-order valence-corrected chi connectivity index (χ1v) is 7.81. The average Bonchev–Trinajstić information content (AvgIpc) is 2.39. The molecule has 0 aliphatic carbocycles. The zero-order chi connectivity index (χ0) is 18.5. The molecule has 0 spiro atoms. The van der Waals surface area contributed by atoms with Crippen LogP contribution in [0, 0.1) is 6.92 Å². The Morgan fingerprint density at radius 2 is 2.00 bits per heavy atom. The van der Waals surface area contributed by atoms with E-state index in [1.54, 1.807) is 46.7 Å². The quantitative estimate of drug-likeness (QED) is 0.593. The molecule has 1 atom stereocenters. The lowest BCUT2D eigenvalue weighted by molar-refractivity contribution is -0.109. The van der Waals surface area contributed by atoms with Crippen molar-refractivity contribution in [2.75, 3.05) is 30.9 Å². The summed E-state index contributed by atoms with van der Waals surface area (Å²) in [5.41, 5.74) is -0.0375. The minimum absolute atomic E-state index is 0.135. The number of rotatable bonds is 6. The van der Waals surface area contributed by atoms with Crippen molar-refractivity contribution < 1.29 is 14.3 Å². The van der Waals surface area contributed by atoms with Gasteiger partial charge in [0.25, 0.3) is 0 Å². The van der Waals surface area contributed by atoms with Gasteiger partial charge < -0.3 is 25.1 Å². The number of nitrogens with zero attached hydrogens (tertiary/aromatic N) is 3. The van der Waals surface area contributed by atoms with E-state index in [0.717, 1.165) is 0 Å². The first-order valence-electron chi connectivity index (χ1n) is 7.43. The van der Waals surface area contributed by atoms with E-state index >= 15 is 0 Å². The number of hydrogen-bond acceptors (Lipinski definition) is 7. The van der Waals surface area contributed by atoms with Crippen molar-refractivity contribution in [3.8, 4) is 0 Å². The Morgan fingerprint density at radius 3 is 2.50 bits per heavy atom. The standard InChI is InChI=1S/C15H24ClN5O3/c1-9-18-12(16)11(21(5)6)13(19-9)17-7-10(8-22)20-14(23)24-15(2,3)4/h8,10H,7H2,1-6H3,(H,20,23)(H,17,18,19). The SMILES string of the molecule is Cc1nc(Cl)c(N(C)C)c(NCC(C=O)NC(=O)OC(C)(C)C)n1. The van der Waals surface area contributed by atoms with Crippen molar-refractivity contribution in [3.63, 3.8) is 0 Å². The van der Waals surface area contributed by atoms with E-state index in [1.165, 1.54) is 0 Å². The van der Waals surface area contributed by atoms with Crippen molar-refractivity contribution in [1.82, 2.24) is 15.3 Å². The highest BCUT2D eigenvalue weighted by molar-refractivity contribution is 6.32. The monoisotopic (exact) mass is 357 g/mol. The summed E-state index contributed by atoms with van der Waals surface area (Å²) in [6, 6.07) is -0.774. The van der Waals surface area contributed by atoms with Crippen molar-refractivity contribution >= 4 is 35.5 Å². The summed E-state index contributed by atoms with van der Waals surface area (Å²) in [4.78, 5) is 33.1. The summed E-state index contributed by atoms with van der Waals surface area (Å²) < 4.78 is 5.13. The third-order valence-electron chi connectivity index (χ3n) is 2.76. The maximum atomic E-state index is 11.7. The molecule has 134 valence electrons. The lowest BCUT2D eigenvalue weighted by Crippen LogP contribution is -2.43. The molecule has 0 fully saturated rings. The van der Waals surface area contributed by atoms with Crippen molar-refractivity contribution in [3.05, 3.63) is 11.0 Å². The zero-order valence-electron chi connectivity index (χ0n) is 14.8. The number of alkyl carbamates (subject to hydrolysis) is 1. The molecule has 1 heterocycles. The van der Waals surface area contributed by atoms with Crippen LogP contribution in [0.3, 0.4) is 0 Å². The van der Waals surface area contributed by atoms with E-state index in [-0.39, 0.29) is 6.54 Å². The molecule has 24 heavy (non-hydrogen) atoms. The number of carbonyl (C=O) groups excluding carboxylic acids is 2. The largest absolute Gasteiger partial charge is 0.444 e. The van der Waals surface area contributed by atoms with Gasteiger partial charge in [0.05, 0.1) is 0 Å². The van der Waals surface area contributed by atoms with E-state index in [2.05, 4.69) is 20.6 Å². The number of amides is 1. The number of anilines is 2. The number of ether oxygens (including phenoxy) is 1. The third kappa shape index (κ3) is 6.19. The maximum Gasteiger partial charge on any atom is 0.408 e. The molecule has 1 unspecified atom stereocenters. The topological polar surface area (TPSA) is 96.5 Å². The highest BCUT2D eigenvalue weighted by Gasteiger charge is 2.20. The molecule has 8 nitrogen and oxygen atoms in total. The van der Waals surface area contributed by atoms with E-state index in [9.17, 15) is 9.59 Å². The zero-order valence-corrected chi connectivity index (χ0v) is 15.6. The lowest BCUT2D eigenvalue weighted by atomic mass is 10.2. The van der Waals surface area contributed by atoms with Crippen LogP contribution in [0.2, 0.25) is 5.15 Å². The average molecular weight is 358 g/mol. The second-order valence-electron chi connectivity index (χ2n) is 6.42. The Hall–Kier alpha value is -2.09.